The van der Waals surface area contributed by atoms with Crippen molar-refractivity contribution in [3.05, 3.63) is 29.1 Å². The molecule has 14 heavy (non-hydrogen) atoms. The van der Waals surface area contributed by atoms with Crippen LogP contribution in [-0.2, 0) is 11.1 Å². The number of hydrogen-bond donors (Lipinski definition) is 1. The summed E-state index contributed by atoms with van der Waals surface area (Å²) in [5.74, 6) is 0. The predicted molar refractivity (Wildman–Crippen MR) is 65.9 cm³/mol. The van der Waals surface area contributed by atoms with Crippen molar-refractivity contribution in [1.29, 1.82) is 0 Å². The van der Waals surface area contributed by atoms with Crippen molar-refractivity contribution < 1.29 is 4.52 Å². The lowest BCUT2D eigenvalue weighted by molar-refractivity contribution is 0.366. The molecule has 0 bridgehead atoms. The minimum absolute atomic E-state index is 0.666. The maximum atomic E-state index is 5.03. The summed E-state index contributed by atoms with van der Waals surface area (Å²) in [6, 6.07) is 8.54. The van der Waals surface area contributed by atoms with Crippen LogP contribution in [-0.4, -0.2) is 7.05 Å². The molecular formula is C10H12NOPS. The van der Waals surface area contributed by atoms with Gasteiger partial charge in [0, 0.05) is 31.8 Å². The first-order valence-corrected chi connectivity index (χ1v) is 5.64. The zero-order valence-electron chi connectivity index (χ0n) is 7.91. The monoisotopic (exact) mass is 225 g/mol. The summed E-state index contributed by atoms with van der Waals surface area (Å²) in [6.07, 6.45) is 0. The average molecular weight is 225 g/mol. The molecular weight excluding hydrogens is 213 g/mol. The van der Waals surface area contributed by atoms with Crippen LogP contribution in [0.4, 0.5) is 5.69 Å². The van der Waals surface area contributed by atoms with E-state index in [-0.39, 0.29) is 0 Å². The number of rotatable bonds is 3. The van der Waals surface area contributed by atoms with Crippen LogP contribution in [0.2, 0.25) is 0 Å². The minimum atomic E-state index is 0.666. The molecule has 0 aliphatic rings. The molecule has 1 aromatic carbocycles. The summed E-state index contributed by atoms with van der Waals surface area (Å²) in [7, 11) is 4.21. The second-order valence-electron chi connectivity index (χ2n) is 3.03. The molecule has 0 spiro atoms. The first-order valence-electron chi connectivity index (χ1n) is 4.35. The zero-order valence-corrected chi connectivity index (χ0v) is 9.88. The fourth-order valence-electron chi connectivity index (χ4n) is 1.39. The van der Waals surface area contributed by atoms with Crippen LogP contribution in [0, 0.1) is 0 Å². The van der Waals surface area contributed by atoms with Crippen LogP contribution in [0.3, 0.4) is 0 Å². The van der Waals surface area contributed by atoms with Gasteiger partial charge in [-0.3, -0.25) is 0 Å². The number of nitrogens with one attached hydrogen (secondary N) is 1. The van der Waals surface area contributed by atoms with Crippen LogP contribution >= 0.6 is 20.8 Å². The van der Waals surface area contributed by atoms with Crippen molar-refractivity contribution in [2.45, 2.75) is 6.61 Å². The quantitative estimate of drug-likeness (QED) is 0.809. The number of fused-ring (bicyclic) bond motifs is 1. The number of benzene rings is 1. The first kappa shape index (κ1) is 9.91. The molecule has 1 unspecified atom stereocenters. The molecule has 4 heteroatoms. The van der Waals surface area contributed by atoms with E-state index in [9.17, 15) is 0 Å². The van der Waals surface area contributed by atoms with Crippen molar-refractivity contribution >= 4 is 36.6 Å². The van der Waals surface area contributed by atoms with Gasteiger partial charge in [0.15, 0.2) is 0 Å². The van der Waals surface area contributed by atoms with Crippen LogP contribution in [0.15, 0.2) is 24.3 Å². The molecule has 0 saturated carbocycles. The Morgan fingerprint density at radius 3 is 3.00 bits per heavy atom. The summed E-state index contributed by atoms with van der Waals surface area (Å²) >= 11 is 1.77. The SMILES string of the molecule is CNc1ccc2cc(COP)sc2c1. The summed E-state index contributed by atoms with van der Waals surface area (Å²) in [6.45, 7) is 0.666. The van der Waals surface area contributed by atoms with E-state index < -0.39 is 0 Å². The fraction of sp³-hybridized carbons (Fsp3) is 0.200. The molecule has 74 valence electrons. The third-order valence-corrected chi connectivity index (χ3v) is 3.32. The molecule has 2 rings (SSSR count). The van der Waals surface area contributed by atoms with Gasteiger partial charge in [-0.25, -0.2) is 0 Å². The Bertz CT molecular complexity index is 441. The van der Waals surface area contributed by atoms with Gasteiger partial charge in [0.2, 0.25) is 0 Å². The maximum Gasteiger partial charge on any atom is 0.0845 e. The van der Waals surface area contributed by atoms with Gasteiger partial charge >= 0.3 is 0 Å². The normalized spacial score (nSPS) is 10.7. The van der Waals surface area contributed by atoms with E-state index >= 15 is 0 Å². The van der Waals surface area contributed by atoms with Crippen molar-refractivity contribution in [1.82, 2.24) is 0 Å². The van der Waals surface area contributed by atoms with Gasteiger partial charge < -0.3 is 9.84 Å². The van der Waals surface area contributed by atoms with E-state index in [1.807, 2.05) is 7.05 Å². The summed E-state index contributed by atoms with van der Waals surface area (Å²) < 4.78 is 6.33. The molecule has 1 heterocycles. The molecule has 0 aliphatic carbocycles. The van der Waals surface area contributed by atoms with Gasteiger partial charge in [0.1, 0.15) is 0 Å². The van der Waals surface area contributed by atoms with E-state index in [0.717, 1.165) is 5.69 Å². The first-order chi connectivity index (χ1) is 6.83. The van der Waals surface area contributed by atoms with Gasteiger partial charge in [-0.2, -0.15) is 0 Å². The molecule has 1 N–H and O–H groups in total. The van der Waals surface area contributed by atoms with E-state index in [4.69, 9.17) is 4.52 Å². The molecule has 2 nitrogen and oxygen atoms in total. The molecule has 1 aromatic heterocycles. The molecule has 0 saturated heterocycles. The van der Waals surface area contributed by atoms with Crippen molar-refractivity contribution in [3.63, 3.8) is 0 Å². The molecule has 0 fully saturated rings. The summed E-state index contributed by atoms with van der Waals surface area (Å²) in [5.41, 5.74) is 1.15. The maximum absolute atomic E-state index is 5.03. The highest BCUT2D eigenvalue weighted by Crippen LogP contribution is 2.28. The Morgan fingerprint density at radius 2 is 2.29 bits per heavy atom. The second-order valence-corrected chi connectivity index (χ2v) is 4.53. The number of anilines is 1. The highest BCUT2D eigenvalue weighted by molar-refractivity contribution is 7.19. The highest BCUT2D eigenvalue weighted by atomic mass is 32.1. The third kappa shape index (κ3) is 1.90. The van der Waals surface area contributed by atoms with Crippen LogP contribution in [0.5, 0.6) is 0 Å². The molecule has 2 aromatic rings. The molecule has 1 atom stereocenters. The van der Waals surface area contributed by atoms with E-state index in [1.165, 1.54) is 15.0 Å². The zero-order chi connectivity index (χ0) is 9.97. The Labute approximate surface area is 89.6 Å². The lowest BCUT2D eigenvalue weighted by Gasteiger charge is -1.97. The lowest BCUT2D eigenvalue weighted by atomic mass is 10.2. The highest BCUT2D eigenvalue weighted by Gasteiger charge is 2.01. The standard InChI is InChI=1S/C10H12NOPS/c1-11-8-3-2-7-4-9(6-12-13)14-10(7)5-8/h2-5,11H,6,13H2,1H3. The van der Waals surface area contributed by atoms with E-state index in [1.54, 1.807) is 11.3 Å². The average Bonchev–Trinajstić information content (AvgIpc) is 2.59. The Balaban J connectivity index is 2.43. The van der Waals surface area contributed by atoms with Gasteiger partial charge in [-0.15, -0.1) is 11.3 Å². The largest absolute Gasteiger partial charge is 0.388 e. The smallest absolute Gasteiger partial charge is 0.0845 e. The van der Waals surface area contributed by atoms with Crippen LogP contribution < -0.4 is 5.32 Å². The van der Waals surface area contributed by atoms with Gasteiger partial charge in [0.05, 0.1) is 6.61 Å². The van der Waals surface area contributed by atoms with Gasteiger partial charge in [-0.05, 0) is 23.6 Å². The Kier molecular flexibility index (Phi) is 3.02. The van der Waals surface area contributed by atoms with E-state index in [0.29, 0.717) is 6.61 Å². The molecule has 0 radical (unpaired) electrons. The van der Waals surface area contributed by atoms with Crippen LogP contribution in [0.25, 0.3) is 10.1 Å². The Hall–Kier alpha value is -0.630. The van der Waals surface area contributed by atoms with Crippen LogP contribution in [0.1, 0.15) is 4.88 Å². The topological polar surface area (TPSA) is 21.3 Å². The van der Waals surface area contributed by atoms with Crippen molar-refractivity contribution in [2.24, 2.45) is 0 Å². The number of thiophene rings is 1. The van der Waals surface area contributed by atoms with Gasteiger partial charge in [0.25, 0.3) is 0 Å². The summed E-state index contributed by atoms with van der Waals surface area (Å²) in [5, 5.41) is 4.42. The molecule has 0 aliphatic heterocycles. The minimum Gasteiger partial charge on any atom is -0.388 e. The second kappa shape index (κ2) is 4.26. The predicted octanol–water partition coefficient (Wildman–Crippen LogP) is 3.25. The van der Waals surface area contributed by atoms with E-state index in [2.05, 4.69) is 39.0 Å². The van der Waals surface area contributed by atoms with Gasteiger partial charge in [-0.1, -0.05) is 6.07 Å². The Morgan fingerprint density at radius 1 is 1.43 bits per heavy atom. The third-order valence-electron chi connectivity index (χ3n) is 2.09. The summed E-state index contributed by atoms with van der Waals surface area (Å²) in [4.78, 5) is 1.25. The van der Waals surface area contributed by atoms with Crippen molar-refractivity contribution in [2.75, 3.05) is 12.4 Å². The fourth-order valence-corrected chi connectivity index (χ4v) is 2.72. The van der Waals surface area contributed by atoms with Crippen molar-refractivity contribution in [3.8, 4) is 0 Å². The molecule has 0 amide bonds. The number of hydrogen-bond acceptors (Lipinski definition) is 3. The lowest BCUT2D eigenvalue weighted by Crippen LogP contribution is -1.85.